The largest absolute Gasteiger partial charge is 0.507 e. The number of phenols is 1. The van der Waals surface area contributed by atoms with Crippen LogP contribution in [0.25, 0.3) is 28.2 Å². The maximum Gasteiger partial charge on any atom is 0.156 e. The van der Waals surface area contributed by atoms with Gasteiger partial charge in [-0.3, -0.25) is 0 Å². The van der Waals surface area contributed by atoms with E-state index in [-0.39, 0.29) is 5.75 Å². The van der Waals surface area contributed by atoms with Crippen LogP contribution < -0.4 is 0 Å². The monoisotopic (exact) mass is 319 g/mol. The number of fused-ring (bicyclic) bond motifs is 1. The SMILES string of the molecule is Cc1ccccc1-c1cc2nccc(-c3cc(F)ccc3O)n2n1. The van der Waals surface area contributed by atoms with Crippen LogP contribution in [0, 0.1) is 12.7 Å². The second kappa shape index (κ2) is 5.45. The number of hydrogen-bond acceptors (Lipinski definition) is 3. The smallest absolute Gasteiger partial charge is 0.156 e. The number of phenolic OH excluding ortho intramolecular Hbond substituents is 1. The first kappa shape index (κ1) is 14.4. The van der Waals surface area contributed by atoms with E-state index in [2.05, 4.69) is 10.1 Å². The Labute approximate surface area is 137 Å². The Hall–Kier alpha value is -3.21. The zero-order valence-electron chi connectivity index (χ0n) is 12.9. The molecule has 0 atom stereocenters. The lowest BCUT2D eigenvalue weighted by Gasteiger charge is -2.07. The highest BCUT2D eigenvalue weighted by Gasteiger charge is 2.14. The summed E-state index contributed by atoms with van der Waals surface area (Å²) in [5, 5.41) is 14.7. The van der Waals surface area contributed by atoms with Crippen molar-refractivity contribution in [1.29, 1.82) is 0 Å². The molecule has 118 valence electrons. The molecule has 4 rings (SSSR count). The van der Waals surface area contributed by atoms with E-state index in [9.17, 15) is 9.50 Å². The summed E-state index contributed by atoms with van der Waals surface area (Å²) in [7, 11) is 0. The van der Waals surface area contributed by atoms with Crippen LogP contribution in [-0.4, -0.2) is 19.7 Å². The maximum atomic E-state index is 13.6. The van der Waals surface area contributed by atoms with E-state index in [0.29, 0.717) is 16.9 Å². The minimum Gasteiger partial charge on any atom is -0.507 e. The number of aromatic nitrogens is 3. The quantitative estimate of drug-likeness (QED) is 0.602. The Morgan fingerprint density at radius 1 is 1.00 bits per heavy atom. The molecule has 0 spiro atoms. The molecule has 2 aromatic carbocycles. The van der Waals surface area contributed by atoms with Gasteiger partial charge in [0, 0.05) is 23.4 Å². The lowest BCUT2D eigenvalue weighted by atomic mass is 10.1. The third kappa shape index (κ3) is 2.31. The maximum absolute atomic E-state index is 13.6. The van der Waals surface area contributed by atoms with Crippen LogP contribution in [0.5, 0.6) is 5.75 Å². The van der Waals surface area contributed by atoms with Crippen molar-refractivity contribution >= 4 is 5.65 Å². The van der Waals surface area contributed by atoms with Crippen LogP contribution >= 0.6 is 0 Å². The van der Waals surface area contributed by atoms with Gasteiger partial charge in [-0.25, -0.2) is 13.9 Å². The molecule has 0 fully saturated rings. The lowest BCUT2D eigenvalue weighted by Crippen LogP contribution is -1.96. The minimum atomic E-state index is -0.418. The summed E-state index contributed by atoms with van der Waals surface area (Å²) in [4.78, 5) is 4.32. The van der Waals surface area contributed by atoms with E-state index in [1.54, 1.807) is 16.8 Å². The van der Waals surface area contributed by atoms with Crippen LogP contribution in [-0.2, 0) is 0 Å². The third-order valence-corrected chi connectivity index (χ3v) is 4.01. The van der Waals surface area contributed by atoms with Crippen LogP contribution in [0.1, 0.15) is 5.56 Å². The molecular weight excluding hydrogens is 305 g/mol. The normalized spacial score (nSPS) is 11.1. The van der Waals surface area contributed by atoms with E-state index in [0.717, 1.165) is 16.8 Å². The van der Waals surface area contributed by atoms with E-state index in [1.165, 1.54) is 18.2 Å². The van der Waals surface area contributed by atoms with Gasteiger partial charge in [0.2, 0.25) is 0 Å². The molecule has 0 saturated carbocycles. The summed E-state index contributed by atoms with van der Waals surface area (Å²) in [5.41, 5.74) is 4.49. The number of rotatable bonds is 2. The number of aromatic hydroxyl groups is 1. The standard InChI is InChI=1S/C19H14FN3O/c1-12-4-2-3-5-14(12)16-11-19-21-9-8-17(23(19)22-16)15-10-13(20)6-7-18(15)24/h2-11,24H,1H3. The Kier molecular flexibility index (Phi) is 3.27. The molecule has 0 saturated heterocycles. The van der Waals surface area contributed by atoms with E-state index < -0.39 is 5.82 Å². The summed E-state index contributed by atoms with van der Waals surface area (Å²) in [6, 6.07) is 15.4. The predicted octanol–water partition coefficient (Wildman–Crippen LogP) is 4.22. The molecule has 2 heterocycles. The van der Waals surface area contributed by atoms with E-state index in [4.69, 9.17) is 0 Å². The van der Waals surface area contributed by atoms with Crippen LogP contribution in [0.2, 0.25) is 0 Å². The van der Waals surface area contributed by atoms with Gasteiger partial charge in [0.25, 0.3) is 0 Å². The molecule has 0 radical (unpaired) electrons. The fourth-order valence-corrected chi connectivity index (χ4v) is 2.80. The number of nitrogens with zero attached hydrogens (tertiary/aromatic N) is 3. The van der Waals surface area contributed by atoms with Crippen molar-refractivity contribution in [2.75, 3.05) is 0 Å². The molecule has 0 aliphatic carbocycles. The first-order chi connectivity index (χ1) is 11.6. The molecule has 4 aromatic rings. The van der Waals surface area contributed by atoms with Crippen molar-refractivity contribution in [3.63, 3.8) is 0 Å². The average molecular weight is 319 g/mol. The van der Waals surface area contributed by atoms with Gasteiger partial charge in [-0.05, 0) is 36.8 Å². The zero-order chi connectivity index (χ0) is 16.7. The van der Waals surface area contributed by atoms with Crippen molar-refractivity contribution in [2.24, 2.45) is 0 Å². The lowest BCUT2D eigenvalue weighted by molar-refractivity contribution is 0.475. The molecule has 0 aliphatic rings. The first-order valence-corrected chi connectivity index (χ1v) is 7.53. The van der Waals surface area contributed by atoms with Crippen LogP contribution in [0.15, 0.2) is 60.8 Å². The van der Waals surface area contributed by atoms with Crippen molar-refractivity contribution in [3.05, 3.63) is 72.2 Å². The topological polar surface area (TPSA) is 50.4 Å². The molecule has 1 N–H and O–H groups in total. The van der Waals surface area contributed by atoms with Gasteiger partial charge >= 0.3 is 0 Å². The molecule has 0 aliphatic heterocycles. The summed E-state index contributed by atoms with van der Waals surface area (Å²) in [5.74, 6) is -0.420. The second-order valence-corrected chi connectivity index (χ2v) is 5.61. The molecule has 0 bridgehead atoms. The molecule has 2 aromatic heterocycles. The van der Waals surface area contributed by atoms with Gasteiger partial charge < -0.3 is 5.11 Å². The summed E-state index contributed by atoms with van der Waals surface area (Å²) < 4.78 is 15.2. The van der Waals surface area contributed by atoms with E-state index in [1.807, 2.05) is 37.3 Å². The molecule has 0 unspecified atom stereocenters. The molecule has 24 heavy (non-hydrogen) atoms. The van der Waals surface area contributed by atoms with Gasteiger partial charge in [-0.1, -0.05) is 24.3 Å². The number of aryl methyl sites for hydroxylation is 1. The molecule has 5 heteroatoms. The number of hydrogen-bond donors (Lipinski definition) is 1. The Bertz CT molecular complexity index is 1060. The molecular formula is C19H14FN3O. The van der Waals surface area contributed by atoms with Gasteiger partial charge in [0.05, 0.1) is 11.4 Å². The zero-order valence-corrected chi connectivity index (χ0v) is 12.9. The molecule has 0 amide bonds. The Morgan fingerprint density at radius 3 is 2.67 bits per heavy atom. The number of benzene rings is 2. The highest BCUT2D eigenvalue weighted by Crippen LogP contribution is 2.31. The summed E-state index contributed by atoms with van der Waals surface area (Å²) in [6.07, 6.45) is 1.62. The fourth-order valence-electron chi connectivity index (χ4n) is 2.80. The highest BCUT2D eigenvalue weighted by atomic mass is 19.1. The van der Waals surface area contributed by atoms with Crippen molar-refractivity contribution in [1.82, 2.24) is 14.6 Å². The summed E-state index contributed by atoms with van der Waals surface area (Å²) >= 11 is 0. The van der Waals surface area contributed by atoms with Crippen LogP contribution in [0.4, 0.5) is 4.39 Å². The number of halogens is 1. The third-order valence-electron chi connectivity index (χ3n) is 4.01. The second-order valence-electron chi connectivity index (χ2n) is 5.61. The minimum absolute atomic E-state index is 0.00292. The van der Waals surface area contributed by atoms with Crippen molar-refractivity contribution in [2.45, 2.75) is 6.92 Å². The van der Waals surface area contributed by atoms with Crippen molar-refractivity contribution < 1.29 is 9.50 Å². The van der Waals surface area contributed by atoms with Crippen LogP contribution in [0.3, 0.4) is 0 Å². The van der Waals surface area contributed by atoms with Gasteiger partial charge in [-0.2, -0.15) is 5.10 Å². The predicted molar refractivity (Wildman–Crippen MR) is 90.2 cm³/mol. The average Bonchev–Trinajstić information content (AvgIpc) is 3.01. The fraction of sp³-hybridized carbons (Fsp3) is 0.0526. The van der Waals surface area contributed by atoms with E-state index >= 15 is 0 Å². The van der Waals surface area contributed by atoms with Crippen molar-refractivity contribution in [3.8, 4) is 28.3 Å². The van der Waals surface area contributed by atoms with Gasteiger partial charge in [-0.15, -0.1) is 0 Å². The summed E-state index contributed by atoms with van der Waals surface area (Å²) in [6.45, 7) is 2.02. The Balaban J connectivity index is 1.96. The molecule has 4 nitrogen and oxygen atoms in total. The van der Waals surface area contributed by atoms with Gasteiger partial charge in [0.15, 0.2) is 5.65 Å². The first-order valence-electron chi connectivity index (χ1n) is 7.53. The van der Waals surface area contributed by atoms with Gasteiger partial charge in [0.1, 0.15) is 11.6 Å². The Morgan fingerprint density at radius 2 is 1.83 bits per heavy atom. The highest BCUT2D eigenvalue weighted by molar-refractivity contribution is 5.72.